The fourth-order valence-electron chi connectivity index (χ4n) is 0.146. The van der Waals surface area contributed by atoms with Crippen molar-refractivity contribution >= 4 is 18.6 Å². The van der Waals surface area contributed by atoms with Gasteiger partial charge in [0.1, 0.15) is 0 Å². The summed E-state index contributed by atoms with van der Waals surface area (Å²) in [7, 11) is 1.52. The van der Waals surface area contributed by atoms with E-state index in [1.807, 2.05) is 0 Å². The van der Waals surface area contributed by atoms with E-state index in [1.165, 1.54) is 7.05 Å². The molecule has 3 nitrogen and oxygen atoms in total. The highest BCUT2D eigenvalue weighted by Crippen LogP contribution is 1.74. The third kappa shape index (κ3) is 3.61. The molecule has 0 aromatic rings. The van der Waals surface area contributed by atoms with Crippen molar-refractivity contribution < 1.29 is 9.63 Å². The summed E-state index contributed by atoms with van der Waals surface area (Å²) in [5.41, 5.74) is 2.22. The first kappa shape index (κ1) is 6.78. The van der Waals surface area contributed by atoms with E-state index >= 15 is 0 Å². The lowest BCUT2D eigenvalue weighted by Gasteiger charge is -1.93. The van der Waals surface area contributed by atoms with Gasteiger partial charge in [0.15, 0.2) is 0 Å². The van der Waals surface area contributed by atoms with Crippen molar-refractivity contribution in [3.05, 3.63) is 0 Å². The predicted molar refractivity (Wildman–Crippen MR) is 29.0 cm³/mol. The molecule has 42 valence electrons. The molecule has 1 N–H and O–H groups in total. The Hall–Kier alpha value is -0.220. The first-order valence-electron chi connectivity index (χ1n) is 1.78. The van der Waals surface area contributed by atoms with Gasteiger partial charge in [0, 0.05) is 7.05 Å². The second-order valence-corrected chi connectivity index (χ2v) is 1.15. The van der Waals surface area contributed by atoms with E-state index < -0.39 is 0 Å². The van der Waals surface area contributed by atoms with Crippen molar-refractivity contribution in [2.45, 2.75) is 0 Å². The fraction of sp³-hybridized carbons (Fsp3) is 0.667. The normalized spacial score (nSPS) is 8.29. The van der Waals surface area contributed by atoms with E-state index in [0.29, 0.717) is 0 Å². The van der Waals surface area contributed by atoms with E-state index in [1.54, 1.807) is 0 Å². The number of rotatable bonds is 2. The van der Waals surface area contributed by atoms with Crippen LogP contribution in [-0.4, -0.2) is 18.8 Å². The van der Waals surface area contributed by atoms with Gasteiger partial charge in [-0.25, -0.2) is 4.79 Å². The lowest BCUT2D eigenvalue weighted by Crippen LogP contribution is -2.15. The molecule has 0 rings (SSSR count). The highest BCUT2D eigenvalue weighted by Gasteiger charge is 1.92. The van der Waals surface area contributed by atoms with Crippen molar-refractivity contribution in [2.24, 2.45) is 0 Å². The molecule has 0 heterocycles. The summed E-state index contributed by atoms with van der Waals surface area (Å²) in [5, 5.41) is 0. The molecule has 0 aromatic carbocycles. The molecule has 0 unspecified atom stereocenters. The summed E-state index contributed by atoms with van der Waals surface area (Å²) in [4.78, 5) is 14.3. The van der Waals surface area contributed by atoms with Crippen molar-refractivity contribution in [3.8, 4) is 0 Å². The Morgan fingerprint density at radius 2 is 2.57 bits per heavy atom. The third-order valence-electron chi connectivity index (χ3n) is 0.345. The van der Waals surface area contributed by atoms with Crippen LogP contribution in [0.1, 0.15) is 0 Å². The molecule has 0 aromatic heterocycles. The Bertz CT molecular complexity index is 66.0. The Balaban J connectivity index is 3.00. The van der Waals surface area contributed by atoms with Gasteiger partial charge < -0.3 is 4.84 Å². The summed E-state index contributed by atoms with van der Waals surface area (Å²) in [6, 6.07) is 0. The van der Waals surface area contributed by atoms with E-state index in [9.17, 15) is 4.79 Å². The van der Waals surface area contributed by atoms with Gasteiger partial charge in [-0.05, 0) is 0 Å². The number of hydroxylamine groups is 1. The van der Waals surface area contributed by atoms with Crippen LogP contribution in [-0.2, 0) is 9.63 Å². The molecular formula is C3H7NO2S. The first-order chi connectivity index (χ1) is 3.31. The van der Waals surface area contributed by atoms with Gasteiger partial charge in [-0.1, -0.05) is 0 Å². The monoisotopic (exact) mass is 121 g/mol. The van der Waals surface area contributed by atoms with Crippen LogP contribution in [0.4, 0.5) is 0 Å². The Labute approximate surface area is 47.4 Å². The minimum atomic E-state index is -0.370. The highest BCUT2D eigenvalue weighted by atomic mass is 32.1. The maximum atomic E-state index is 10.1. The van der Waals surface area contributed by atoms with Crippen LogP contribution in [0.5, 0.6) is 0 Å². The smallest absolute Gasteiger partial charge is 0.334 e. The van der Waals surface area contributed by atoms with Gasteiger partial charge in [-0.3, -0.25) is 0 Å². The summed E-state index contributed by atoms with van der Waals surface area (Å²) in [5.74, 6) is -0.258. The van der Waals surface area contributed by atoms with Gasteiger partial charge in [-0.2, -0.15) is 18.1 Å². The third-order valence-corrected chi connectivity index (χ3v) is 0.603. The van der Waals surface area contributed by atoms with Crippen molar-refractivity contribution in [2.75, 3.05) is 12.8 Å². The Morgan fingerprint density at radius 1 is 2.00 bits per heavy atom. The number of hydrogen-bond acceptors (Lipinski definition) is 4. The zero-order valence-corrected chi connectivity index (χ0v) is 4.87. The number of thiol groups is 1. The number of carbonyl (C=O) groups is 1. The molecule has 0 aliphatic rings. The van der Waals surface area contributed by atoms with E-state index in [-0.39, 0.29) is 11.7 Å². The standard InChI is InChI=1S/C3H7NO2S/c1-4-6-3(5)2-7/h4,7H,2H2,1H3. The zero-order valence-electron chi connectivity index (χ0n) is 3.97. The highest BCUT2D eigenvalue weighted by molar-refractivity contribution is 7.81. The molecule has 0 aliphatic carbocycles. The minimum Gasteiger partial charge on any atom is -0.370 e. The van der Waals surface area contributed by atoms with Crippen LogP contribution in [0, 0.1) is 0 Å². The lowest BCUT2D eigenvalue weighted by atomic mass is 10.8. The topological polar surface area (TPSA) is 38.3 Å². The van der Waals surface area contributed by atoms with Crippen LogP contribution in [0.15, 0.2) is 0 Å². The number of nitrogens with one attached hydrogen (secondary N) is 1. The van der Waals surface area contributed by atoms with Gasteiger partial charge >= 0.3 is 5.97 Å². The molecule has 0 radical (unpaired) electrons. The van der Waals surface area contributed by atoms with E-state index in [0.717, 1.165) is 0 Å². The van der Waals surface area contributed by atoms with E-state index in [4.69, 9.17) is 0 Å². The summed E-state index contributed by atoms with van der Waals surface area (Å²) < 4.78 is 0. The maximum absolute atomic E-state index is 10.1. The fourth-order valence-corrected chi connectivity index (χ4v) is 0.211. The minimum absolute atomic E-state index is 0.112. The molecule has 0 amide bonds. The average molecular weight is 121 g/mol. The summed E-state index contributed by atoms with van der Waals surface area (Å²) >= 11 is 3.63. The van der Waals surface area contributed by atoms with Crippen LogP contribution < -0.4 is 5.48 Å². The largest absolute Gasteiger partial charge is 0.370 e. The van der Waals surface area contributed by atoms with Crippen molar-refractivity contribution in [1.82, 2.24) is 5.48 Å². The Morgan fingerprint density at radius 3 is 2.71 bits per heavy atom. The molecule has 0 saturated heterocycles. The SMILES string of the molecule is CNOC(=O)CS. The molecule has 4 heteroatoms. The summed E-state index contributed by atoms with van der Waals surface area (Å²) in [6.07, 6.45) is 0. The predicted octanol–water partition coefficient (Wildman–Crippen LogP) is -0.406. The average Bonchev–Trinajstić information content (AvgIpc) is 1.68. The van der Waals surface area contributed by atoms with Gasteiger partial charge in [0.05, 0.1) is 5.75 Å². The molecule has 0 atom stereocenters. The van der Waals surface area contributed by atoms with Crippen LogP contribution in [0.3, 0.4) is 0 Å². The quantitative estimate of drug-likeness (QED) is 0.385. The molecule has 0 spiro atoms. The first-order valence-corrected chi connectivity index (χ1v) is 2.41. The van der Waals surface area contributed by atoms with Crippen molar-refractivity contribution in [1.29, 1.82) is 0 Å². The lowest BCUT2D eigenvalue weighted by molar-refractivity contribution is -0.146. The van der Waals surface area contributed by atoms with Crippen LogP contribution in [0.25, 0.3) is 0 Å². The van der Waals surface area contributed by atoms with Crippen molar-refractivity contribution in [3.63, 3.8) is 0 Å². The summed E-state index contributed by atoms with van der Waals surface area (Å²) in [6.45, 7) is 0. The van der Waals surface area contributed by atoms with Gasteiger partial charge in [0.25, 0.3) is 0 Å². The second-order valence-electron chi connectivity index (χ2n) is 0.836. The molecular weight excluding hydrogens is 114 g/mol. The van der Waals surface area contributed by atoms with Crippen LogP contribution in [0.2, 0.25) is 0 Å². The second kappa shape index (κ2) is 3.95. The molecule has 0 aliphatic heterocycles. The number of carbonyl (C=O) groups excluding carboxylic acids is 1. The molecule has 0 saturated carbocycles. The molecule has 0 fully saturated rings. The molecule has 0 bridgehead atoms. The Kier molecular flexibility index (Phi) is 3.83. The van der Waals surface area contributed by atoms with E-state index in [2.05, 4.69) is 22.9 Å². The van der Waals surface area contributed by atoms with Gasteiger partial charge in [-0.15, -0.1) is 0 Å². The van der Waals surface area contributed by atoms with Crippen LogP contribution >= 0.6 is 12.6 Å². The number of hydrogen-bond donors (Lipinski definition) is 2. The van der Waals surface area contributed by atoms with Gasteiger partial charge in [0.2, 0.25) is 0 Å². The molecule has 7 heavy (non-hydrogen) atoms. The zero-order chi connectivity index (χ0) is 5.70. The maximum Gasteiger partial charge on any atom is 0.334 e.